The highest BCUT2D eigenvalue weighted by molar-refractivity contribution is 9.10. The molecule has 146 valence electrons. The average Bonchev–Trinajstić information content (AvgIpc) is 3.22. The van der Waals surface area contributed by atoms with E-state index in [9.17, 15) is 8.78 Å². The first-order chi connectivity index (χ1) is 12.9. The van der Waals surface area contributed by atoms with Crippen LogP contribution in [0.1, 0.15) is 17.1 Å². The molecule has 10 heteroatoms. The number of nitrogens with zero attached hydrogens (tertiary/aromatic N) is 1. The van der Waals surface area contributed by atoms with Gasteiger partial charge < -0.3 is 20.2 Å². The normalized spacial score (nSPS) is 12.8. The van der Waals surface area contributed by atoms with Gasteiger partial charge in [0.1, 0.15) is 16.4 Å². The van der Waals surface area contributed by atoms with Gasteiger partial charge in [0, 0.05) is 30.0 Å². The largest absolute Gasteiger partial charge is 0.456 e. The number of anilines is 1. The molecule has 0 aromatic carbocycles. The maximum atomic E-state index is 12.1. The molecule has 1 atom stereocenters. The lowest BCUT2D eigenvalue weighted by Gasteiger charge is -2.10. The second-order valence-electron chi connectivity index (χ2n) is 5.83. The number of furan rings is 1. The van der Waals surface area contributed by atoms with E-state index in [0.717, 1.165) is 5.69 Å². The number of rotatable bonds is 9. The fourth-order valence-electron chi connectivity index (χ4n) is 2.56. The summed E-state index contributed by atoms with van der Waals surface area (Å²) in [7, 11) is 0. The highest BCUT2D eigenvalue weighted by Crippen LogP contribution is 2.36. The number of halogens is 4. The van der Waals surface area contributed by atoms with Crippen LogP contribution < -0.4 is 11.1 Å². The molecule has 3 aromatic heterocycles. The first kappa shape index (κ1) is 20.5. The van der Waals surface area contributed by atoms with Gasteiger partial charge in [0.15, 0.2) is 5.58 Å². The Morgan fingerprint density at radius 1 is 1.44 bits per heavy atom. The van der Waals surface area contributed by atoms with Crippen LogP contribution in [0.5, 0.6) is 0 Å². The van der Waals surface area contributed by atoms with Crippen molar-refractivity contribution in [2.75, 3.05) is 11.9 Å². The van der Waals surface area contributed by atoms with Crippen LogP contribution in [-0.4, -0.2) is 24.2 Å². The summed E-state index contributed by atoms with van der Waals surface area (Å²) in [5, 5.41) is 5.65. The maximum Gasteiger partial charge on any atom is 0.345 e. The highest BCUT2D eigenvalue weighted by atomic mass is 79.9. The zero-order chi connectivity index (χ0) is 19.4. The molecule has 0 aliphatic carbocycles. The molecule has 0 saturated carbocycles. The Balaban J connectivity index is 1.77. The van der Waals surface area contributed by atoms with E-state index in [0.29, 0.717) is 39.5 Å². The zero-order valence-corrected chi connectivity index (χ0v) is 17.2. The number of fused-ring (bicyclic) bond motifs is 1. The summed E-state index contributed by atoms with van der Waals surface area (Å²) in [5.41, 5.74) is 7.88. The fourth-order valence-corrected chi connectivity index (χ4v) is 3.91. The molecule has 0 fully saturated rings. The van der Waals surface area contributed by atoms with Crippen molar-refractivity contribution < 1.29 is 17.9 Å². The first-order valence-electron chi connectivity index (χ1n) is 8.13. The molecule has 0 saturated heterocycles. The van der Waals surface area contributed by atoms with Crippen molar-refractivity contribution in [3.8, 4) is 0 Å². The molecule has 0 amide bonds. The number of hydrogen-bond acceptors (Lipinski definition) is 6. The van der Waals surface area contributed by atoms with Crippen LogP contribution in [0.4, 0.5) is 14.5 Å². The minimum Gasteiger partial charge on any atom is -0.456 e. The zero-order valence-electron chi connectivity index (χ0n) is 14.1. The van der Waals surface area contributed by atoms with E-state index in [1.165, 1.54) is 4.88 Å². The number of alkyl halides is 2. The van der Waals surface area contributed by atoms with Crippen molar-refractivity contribution in [3.05, 3.63) is 43.8 Å². The molecular formula is C17H17BrClF2N3O2S. The Morgan fingerprint density at radius 2 is 2.26 bits per heavy atom. The summed E-state index contributed by atoms with van der Waals surface area (Å²) in [6.07, 6.45) is 0.636. The number of ether oxygens (including phenoxy) is 1. The van der Waals surface area contributed by atoms with Crippen LogP contribution in [0, 0.1) is 0 Å². The molecule has 3 heterocycles. The Hall–Kier alpha value is -1.26. The lowest BCUT2D eigenvalue weighted by Crippen LogP contribution is -2.25. The molecule has 0 spiro atoms. The molecule has 0 bridgehead atoms. The second-order valence-corrected chi connectivity index (χ2v) is 8.04. The summed E-state index contributed by atoms with van der Waals surface area (Å²) >= 11 is 11.3. The van der Waals surface area contributed by atoms with E-state index in [2.05, 4.69) is 31.0 Å². The molecule has 3 aromatic rings. The van der Waals surface area contributed by atoms with Crippen LogP contribution in [0.3, 0.4) is 0 Å². The van der Waals surface area contributed by atoms with Gasteiger partial charge in [0.05, 0.1) is 16.8 Å². The Morgan fingerprint density at radius 3 is 2.96 bits per heavy atom. The van der Waals surface area contributed by atoms with Gasteiger partial charge >= 0.3 is 6.61 Å². The van der Waals surface area contributed by atoms with Gasteiger partial charge in [-0.15, -0.1) is 11.3 Å². The van der Waals surface area contributed by atoms with Gasteiger partial charge in [-0.2, -0.15) is 8.78 Å². The van der Waals surface area contributed by atoms with Gasteiger partial charge in [-0.25, -0.2) is 4.98 Å². The molecule has 0 aliphatic heterocycles. The highest BCUT2D eigenvalue weighted by Gasteiger charge is 2.20. The van der Waals surface area contributed by atoms with Crippen LogP contribution in [0.25, 0.3) is 11.1 Å². The van der Waals surface area contributed by atoms with E-state index in [1.807, 2.05) is 17.5 Å². The predicted octanol–water partition coefficient (Wildman–Crippen LogP) is 5.42. The van der Waals surface area contributed by atoms with E-state index < -0.39 is 12.7 Å². The van der Waals surface area contributed by atoms with E-state index in [1.54, 1.807) is 17.4 Å². The molecule has 27 heavy (non-hydrogen) atoms. The molecule has 5 nitrogen and oxygen atoms in total. The third-order valence-electron chi connectivity index (χ3n) is 3.83. The molecule has 3 rings (SSSR count). The number of nitrogens with one attached hydrogen (secondary N) is 1. The minimum atomic E-state index is -2.79. The van der Waals surface area contributed by atoms with Gasteiger partial charge in [0.2, 0.25) is 0 Å². The number of nitrogens with two attached hydrogens (primary N) is 1. The smallest absolute Gasteiger partial charge is 0.345 e. The third kappa shape index (κ3) is 5.39. The second kappa shape index (κ2) is 9.29. The fraction of sp³-hybridized carbons (Fsp3) is 0.353. The van der Waals surface area contributed by atoms with E-state index in [4.69, 9.17) is 21.8 Å². The van der Waals surface area contributed by atoms with Crippen LogP contribution >= 0.6 is 38.9 Å². The summed E-state index contributed by atoms with van der Waals surface area (Å²) in [4.78, 5) is 5.49. The number of hydrogen-bond donors (Lipinski definition) is 2. The van der Waals surface area contributed by atoms with Gasteiger partial charge in [-0.1, -0.05) is 17.7 Å². The van der Waals surface area contributed by atoms with Crippen LogP contribution in [0.2, 0.25) is 5.15 Å². The first-order valence-corrected chi connectivity index (χ1v) is 10.2. The summed E-state index contributed by atoms with van der Waals surface area (Å²) < 4.78 is 35.0. The van der Waals surface area contributed by atoms with E-state index in [-0.39, 0.29) is 13.0 Å². The molecule has 0 aliphatic rings. The number of pyridine rings is 1. The molecule has 0 radical (unpaired) electrons. The van der Waals surface area contributed by atoms with Gasteiger partial charge in [0.25, 0.3) is 0 Å². The molecular weight excluding hydrogens is 464 g/mol. The van der Waals surface area contributed by atoms with Crippen molar-refractivity contribution in [1.82, 2.24) is 4.98 Å². The van der Waals surface area contributed by atoms with Gasteiger partial charge in [-0.05, 0) is 33.8 Å². The van der Waals surface area contributed by atoms with Crippen molar-refractivity contribution in [2.45, 2.75) is 32.0 Å². The van der Waals surface area contributed by atoms with Crippen molar-refractivity contribution >= 4 is 55.7 Å². The van der Waals surface area contributed by atoms with Gasteiger partial charge in [-0.3, -0.25) is 0 Å². The Kier molecular flexibility index (Phi) is 7.04. The monoisotopic (exact) mass is 479 g/mol. The Labute approximate surface area is 172 Å². The van der Waals surface area contributed by atoms with Crippen LogP contribution in [-0.2, 0) is 17.7 Å². The standard InChI is InChI=1S/C17H17BrClF2N3O2S/c18-14-12(6-9(22)3-4-25-17(20)21)26-16-11(7-13(19)24-15(14)16)23-8-10-2-1-5-27-10/h1-2,5,7,9,17H,3-4,6,8,22H2,(H,23,24)/t9-/m0/s1. The quantitative estimate of drug-likeness (QED) is 0.400. The van der Waals surface area contributed by atoms with Crippen molar-refractivity contribution in [1.29, 1.82) is 0 Å². The number of thiophene rings is 1. The summed E-state index contributed by atoms with van der Waals surface area (Å²) in [5.74, 6) is 0.587. The predicted molar refractivity (Wildman–Crippen MR) is 107 cm³/mol. The maximum absolute atomic E-state index is 12.1. The SMILES string of the molecule is N[C@@H](CCOC(F)F)Cc1oc2c(NCc3cccs3)cc(Cl)nc2c1Br. The summed E-state index contributed by atoms with van der Waals surface area (Å²) in [6.45, 7) is -2.28. The molecule has 3 N–H and O–H groups in total. The lowest BCUT2D eigenvalue weighted by atomic mass is 10.1. The Bertz CT molecular complexity index is 892. The third-order valence-corrected chi connectivity index (χ3v) is 5.72. The van der Waals surface area contributed by atoms with Crippen molar-refractivity contribution in [2.24, 2.45) is 5.73 Å². The van der Waals surface area contributed by atoms with Crippen LogP contribution in [0.15, 0.2) is 32.5 Å². The summed E-state index contributed by atoms with van der Waals surface area (Å²) in [6, 6.07) is 5.32. The van der Waals surface area contributed by atoms with E-state index >= 15 is 0 Å². The average molecular weight is 481 g/mol. The van der Waals surface area contributed by atoms with Crippen molar-refractivity contribution in [3.63, 3.8) is 0 Å². The number of aromatic nitrogens is 1. The molecule has 0 unspecified atom stereocenters. The lowest BCUT2D eigenvalue weighted by molar-refractivity contribution is -0.129. The topological polar surface area (TPSA) is 73.3 Å². The minimum absolute atomic E-state index is 0.117.